The molecule has 3 atom stereocenters. The number of fused-ring (bicyclic) bond motifs is 1. The highest BCUT2D eigenvalue weighted by Crippen LogP contribution is 2.57. The summed E-state index contributed by atoms with van der Waals surface area (Å²) in [5.41, 5.74) is 0.536. The molecular weight excluding hydrogens is 428 g/mol. The van der Waals surface area contributed by atoms with E-state index in [4.69, 9.17) is 9.47 Å². The van der Waals surface area contributed by atoms with Crippen LogP contribution >= 0.6 is 0 Å². The molecule has 2 N–H and O–H groups in total. The number of aliphatic hydroxyl groups excluding tert-OH is 1. The van der Waals surface area contributed by atoms with Gasteiger partial charge in [0.25, 0.3) is 0 Å². The first-order valence-corrected chi connectivity index (χ1v) is 10.5. The molecule has 10 heteroatoms. The fourth-order valence-electron chi connectivity index (χ4n) is 5.29. The summed E-state index contributed by atoms with van der Waals surface area (Å²) >= 11 is 0. The van der Waals surface area contributed by atoms with Crippen LogP contribution in [0.2, 0.25) is 0 Å². The highest BCUT2D eigenvalue weighted by molar-refractivity contribution is 6.15. The number of para-hydroxylation sites is 1. The molecule has 4 rings (SSSR count). The quantitative estimate of drug-likeness (QED) is 0.497. The number of benzene rings is 1. The molecule has 0 aliphatic carbocycles. The Balaban J connectivity index is 2.03. The number of methoxy groups -OCH3 is 2. The van der Waals surface area contributed by atoms with Gasteiger partial charge in [0.1, 0.15) is 5.84 Å². The highest BCUT2D eigenvalue weighted by atomic mass is 16.5. The van der Waals surface area contributed by atoms with Crippen molar-refractivity contribution in [2.75, 3.05) is 39.3 Å². The van der Waals surface area contributed by atoms with Gasteiger partial charge >= 0.3 is 18.0 Å². The molecule has 0 radical (unpaired) electrons. The van der Waals surface area contributed by atoms with Crippen LogP contribution < -0.4 is 10.2 Å². The lowest BCUT2D eigenvalue weighted by Gasteiger charge is -2.39. The van der Waals surface area contributed by atoms with E-state index in [1.54, 1.807) is 0 Å². The van der Waals surface area contributed by atoms with Crippen LogP contribution in [0.1, 0.15) is 12.0 Å². The molecule has 1 saturated heterocycles. The highest BCUT2D eigenvalue weighted by Gasteiger charge is 2.65. The van der Waals surface area contributed by atoms with Gasteiger partial charge < -0.3 is 24.8 Å². The molecule has 0 bridgehead atoms. The van der Waals surface area contributed by atoms with Crippen molar-refractivity contribution in [3.8, 4) is 0 Å². The number of likely N-dealkylation sites (N-methyl/N-ethyl adjacent to an activating group) is 1. The van der Waals surface area contributed by atoms with Gasteiger partial charge in [0, 0.05) is 19.3 Å². The Labute approximate surface area is 191 Å². The van der Waals surface area contributed by atoms with Gasteiger partial charge in [-0.2, -0.15) is 0 Å². The standard InChI is InChI=1S/C23H26N4O6/c1-5-10-24-22(31)27-13(12-28)11-23-14-8-6-7-9-15(14)26(2)18(23)16(19(29)32-3)17(20(30)33-4)25-21(23)27/h5-9,13,18,28H,1,10-12H2,2-4H3,(H,24,31)/t13-,18-,23-/m0/s1. The van der Waals surface area contributed by atoms with E-state index < -0.39 is 35.5 Å². The Morgan fingerprint density at radius 3 is 2.61 bits per heavy atom. The molecule has 174 valence electrons. The van der Waals surface area contributed by atoms with E-state index >= 15 is 0 Å². The summed E-state index contributed by atoms with van der Waals surface area (Å²) in [6.45, 7) is 3.49. The number of hydrogen-bond donors (Lipinski definition) is 2. The molecule has 1 spiro atoms. The van der Waals surface area contributed by atoms with Crippen LogP contribution in [0.15, 0.2) is 53.2 Å². The maximum absolute atomic E-state index is 13.2. The summed E-state index contributed by atoms with van der Waals surface area (Å²) in [6, 6.07) is 5.74. The molecule has 0 saturated carbocycles. The number of hydrogen-bond acceptors (Lipinski definition) is 8. The molecule has 0 unspecified atom stereocenters. The molecule has 33 heavy (non-hydrogen) atoms. The third-order valence-corrected chi connectivity index (χ3v) is 6.53. The number of anilines is 1. The second kappa shape index (κ2) is 8.36. The predicted molar refractivity (Wildman–Crippen MR) is 120 cm³/mol. The number of nitrogens with one attached hydrogen (secondary N) is 1. The largest absolute Gasteiger partial charge is 0.466 e. The zero-order chi connectivity index (χ0) is 23.9. The van der Waals surface area contributed by atoms with Crippen LogP contribution in [-0.2, 0) is 24.5 Å². The maximum Gasteiger partial charge on any atom is 0.357 e. The van der Waals surface area contributed by atoms with E-state index in [-0.39, 0.29) is 30.3 Å². The molecule has 3 aliphatic heterocycles. The smallest absolute Gasteiger partial charge is 0.357 e. The first-order chi connectivity index (χ1) is 15.9. The van der Waals surface area contributed by atoms with Gasteiger partial charge in [0.2, 0.25) is 0 Å². The lowest BCUT2D eigenvalue weighted by molar-refractivity contribution is -0.139. The number of rotatable bonds is 5. The van der Waals surface area contributed by atoms with E-state index in [0.717, 1.165) is 11.3 Å². The summed E-state index contributed by atoms with van der Waals surface area (Å²) < 4.78 is 9.97. The minimum atomic E-state index is -0.967. The minimum absolute atomic E-state index is 0.0526. The van der Waals surface area contributed by atoms with E-state index in [9.17, 15) is 19.5 Å². The van der Waals surface area contributed by atoms with Gasteiger partial charge in [-0.25, -0.2) is 19.4 Å². The van der Waals surface area contributed by atoms with Gasteiger partial charge in [-0.05, 0) is 18.1 Å². The normalized spacial score (nSPS) is 25.0. The molecule has 1 aromatic carbocycles. The first-order valence-electron chi connectivity index (χ1n) is 10.5. The first kappa shape index (κ1) is 22.5. The summed E-state index contributed by atoms with van der Waals surface area (Å²) in [4.78, 5) is 46.7. The van der Waals surface area contributed by atoms with Gasteiger partial charge in [0.05, 0.1) is 43.9 Å². The zero-order valence-electron chi connectivity index (χ0n) is 18.7. The topological polar surface area (TPSA) is 121 Å². The second-order valence-electron chi connectivity index (χ2n) is 8.07. The number of urea groups is 1. The molecule has 3 heterocycles. The molecule has 10 nitrogen and oxygen atoms in total. The Morgan fingerprint density at radius 1 is 1.27 bits per heavy atom. The lowest BCUT2D eigenvalue weighted by Crippen LogP contribution is -2.56. The van der Waals surface area contributed by atoms with Crippen LogP contribution in [0.25, 0.3) is 0 Å². The van der Waals surface area contributed by atoms with Gasteiger partial charge in [-0.1, -0.05) is 24.3 Å². The summed E-state index contributed by atoms with van der Waals surface area (Å²) in [7, 11) is 4.24. The molecule has 3 aliphatic rings. The minimum Gasteiger partial charge on any atom is -0.466 e. The van der Waals surface area contributed by atoms with Crippen molar-refractivity contribution < 1.29 is 29.0 Å². The Kier molecular flexibility index (Phi) is 5.71. The van der Waals surface area contributed by atoms with E-state index in [2.05, 4.69) is 16.9 Å². The number of amides is 2. The zero-order valence-corrected chi connectivity index (χ0v) is 18.7. The molecule has 2 amide bonds. The fourth-order valence-corrected chi connectivity index (χ4v) is 5.29. The Hall–Kier alpha value is -3.66. The number of esters is 2. The average molecular weight is 454 g/mol. The molecule has 1 aromatic rings. The maximum atomic E-state index is 13.2. The van der Waals surface area contributed by atoms with Crippen molar-refractivity contribution >= 4 is 29.5 Å². The summed E-state index contributed by atoms with van der Waals surface area (Å²) in [5.74, 6) is -1.25. The lowest BCUT2D eigenvalue weighted by atomic mass is 9.69. The molecule has 0 aromatic heterocycles. The third-order valence-electron chi connectivity index (χ3n) is 6.53. The second-order valence-corrected chi connectivity index (χ2v) is 8.07. The number of carbonyl (C=O) groups excluding carboxylic acids is 3. The van der Waals surface area contributed by atoms with Crippen LogP contribution in [0, 0.1) is 0 Å². The monoisotopic (exact) mass is 454 g/mol. The van der Waals surface area contributed by atoms with Crippen molar-refractivity contribution in [2.24, 2.45) is 4.99 Å². The van der Waals surface area contributed by atoms with Crippen molar-refractivity contribution in [3.05, 3.63) is 53.8 Å². The number of carbonyl (C=O) groups is 3. The van der Waals surface area contributed by atoms with E-state index in [0.29, 0.717) is 6.42 Å². The molecule has 1 fully saturated rings. The van der Waals surface area contributed by atoms with Crippen LogP contribution in [0.3, 0.4) is 0 Å². The molecular formula is C23H26N4O6. The van der Waals surface area contributed by atoms with Gasteiger partial charge in [0.15, 0.2) is 5.70 Å². The third kappa shape index (κ3) is 3.05. The van der Waals surface area contributed by atoms with Crippen molar-refractivity contribution in [1.82, 2.24) is 10.2 Å². The number of ether oxygens (including phenoxy) is 2. The van der Waals surface area contributed by atoms with Crippen molar-refractivity contribution in [3.63, 3.8) is 0 Å². The number of likely N-dealkylation sites (tertiary alicyclic amines) is 1. The number of nitrogens with zero attached hydrogens (tertiary/aromatic N) is 3. The van der Waals surface area contributed by atoms with Crippen LogP contribution in [0.5, 0.6) is 0 Å². The van der Waals surface area contributed by atoms with Gasteiger partial charge in [-0.15, -0.1) is 6.58 Å². The Bertz CT molecular complexity index is 1100. The number of aliphatic imine (C=N–C) groups is 1. The van der Waals surface area contributed by atoms with Crippen LogP contribution in [0.4, 0.5) is 10.5 Å². The SMILES string of the molecule is C=CCNC(=O)N1C2=NC(C(=O)OC)=C(C(=O)OC)[C@@H]3N(C)c4ccccc4[C@]23C[C@H]1CO. The summed E-state index contributed by atoms with van der Waals surface area (Å²) in [6.07, 6.45) is 1.84. The Morgan fingerprint density at radius 2 is 1.97 bits per heavy atom. The van der Waals surface area contributed by atoms with Crippen molar-refractivity contribution in [1.29, 1.82) is 0 Å². The van der Waals surface area contributed by atoms with E-state index in [1.165, 1.54) is 25.2 Å². The van der Waals surface area contributed by atoms with Gasteiger partial charge in [-0.3, -0.25) is 4.90 Å². The van der Waals surface area contributed by atoms with Crippen molar-refractivity contribution in [2.45, 2.75) is 23.9 Å². The van der Waals surface area contributed by atoms with Crippen LogP contribution in [-0.4, -0.2) is 80.3 Å². The fraction of sp³-hybridized carbons (Fsp3) is 0.391. The average Bonchev–Trinajstić information content (AvgIpc) is 3.31. The number of aliphatic hydroxyl groups is 1. The number of amidine groups is 1. The predicted octanol–water partition coefficient (Wildman–Crippen LogP) is 0.717. The van der Waals surface area contributed by atoms with E-state index in [1.807, 2.05) is 36.2 Å². The summed E-state index contributed by atoms with van der Waals surface area (Å²) in [5, 5.41) is 12.9.